The van der Waals surface area contributed by atoms with Crippen LogP contribution in [0.15, 0.2) is 12.7 Å². The van der Waals surface area contributed by atoms with E-state index in [0.717, 1.165) is 13.5 Å². The fraction of sp³-hybridized carbons (Fsp3) is 0.750. The highest BCUT2D eigenvalue weighted by Crippen LogP contribution is 1.94. The smallest absolute Gasteiger partial charge is 0.293 e. The molecule has 0 radical (unpaired) electrons. The molecule has 6 heteroatoms. The molecule has 3 N–H and O–H groups in total. The Bertz CT molecular complexity index is 189. The van der Waals surface area contributed by atoms with Crippen molar-refractivity contribution in [3.05, 3.63) is 12.7 Å². The summed E-state index contributed by atoms with van der Waals surface area (Å²) in [6.07, 6.45) is 3.49. The third-order valence-electron chi connectivity index (χ3n) is 0.915. The van der Waals surface area contributed by atoms with Gasteiger partial charge < -0.3 is 6.15 Å². The summed E-state index contributed by atoms with van der Waals surface area (Å²) < 4.78 is 24.9. The topological polar surface area (TPSA) is 87.6 Å². The van der Waals surface area contributed by atoms with E-state index in [9.17, 15) is 8.42 Å². The lowest BCUT2D eigenvalue weighted by Crippen LogP contribution is -2.08. The first kappa shape index (κ1) is 19.2. The Kier molecular flexibility index (Phi) is 17.2. The lowest BCUT2D eigenvalue weighted by molar-refractivity contribution is -0.172. The van der Waals surface area contributed by atoms with Crippen molar-refractivity contribution < 1.29 is 17.6 Å². The fourth-order valence-electron chi connectivity index (χ4n) is 0.388. The van der Waals surface area contributed by atoms with Gasteiger partial charge in [0.2, 0.25) is 0 Å². The molecule has 5 nitrogen and oxygen atoms in total. The largest absolute Gasteiger partial charge is 0.344 e. The van der Waals surface area contributed by atoms with Crippen molar-refractivity contribution in [3.63, 3.8) is 0 Å². The number of hydrogen-bond acceptors (Lipinski definition) is 5. The van der Waals surface area contributed by atoms with Gasteiger partial charge in [-0.05, 0) is 12.8 Å². The fourth-order valence-corrected chi connectivity index (χ4v) is 1.16. The number of allylic oxidation sites excluding steroid dienone is 1. The van der Waals surface area contributed by atoms with Crippen LogP contribution < -0.4 is 6.15 Å². The minimum absolute atomic E-state index is 0. The highest BCUT2D eigenvalue weighted by molar-refractivity contribution is 7.86. The molecule has 0 aromatic rings. The zero-order valence-electron chi connectivity index (χ0n) is 9.15. The van der Waals surface area contributed by atoms with E-state index in [4.69, 9.17) is 0 Å². The van der Waals surface area contributed by atoms with Crippen LogP contribution in [0.3, 0.4) is 0 Å². The Morgan fingerprint density at radius 1 is 1.36 bits per heavy atom. The molecule has 0 aliphatic rings. The summed E-state index contributed by atoms with van der Waals surface area (Å²) in [7, 11) is -2.24. The molecule has 0 atom stereocenters. The summed E-state index contributed by atoms with van der Waals surface area (Å²) in [6.45, 7) is 7.29. The van der Waals surface area contributed by atoms with E-state index in [1.54, 1.807) is 6.92 Å². The molecule has 0 aliphatic heterocycles. The van der Waals surface area contributed by atoms with Gasteiger partial charge >= 0.3 is 0 Å². The minimum atomic E-state index is -3.40. The van der Waals surface area contributed by atoms with Crippen LogP contribution in [0.1, 0.15) is 26.7 Å². The highest BCUT2D eigenvalue weighted by Gasteiger charge is 2.08. The second-order valence-corrected chi connectivity index (χ2v) is 3.85. The van der Waals surface area contributed by atoms with Crippen LogP contribution in [0.2, 0.25) is 0 Å². The molecular weight excluding hydrogens is 206 g/mol. The molecular formula is C8H21NO4S. The van der Waals surface area contributed by atoms with E-state index >= 15 is 0 Å². The first-order valence-electron chi connectivity index (χ1n) is 4.09. The molecule has 0 aromatic carbocycles. The first-order valence-corrected chi connectivity index (χ1v) is 5.67. The Hall–Kier alpha value is -0.430. The van der Waals surface area contributed by atoms with Crippen LogP contribution in [0.25, 0.3) is 0 Å². The molecule has 88 valence electrons. The van der Waals surface area contributed by atoms with Crippen molar-refractivity contribution in [2.24, 2.45) is 0 Å². The molecule has 0 unspecified atom stereocenters. The van der Waals surface area contributed by atoms with Gasteiger partial charge in [0.1, 0.15) is 0 Å². The van der Waals surface area contributed by atoms with Crippen molar-refractivity contribution in [2.45, 2.75) is 26.7 Å². The maximum Gasteiger partial charge on any atom is 0.293 e. The summed E-state index contributed by atoms with van der Waals surface area (Å²) in [5.74, 6) is 0.000833. The lowest BCUT2D eigenvalue weighted by Gasteiger charge is -1.97. The summed E-state index contributed by atoms with van der Waals surface area (Å²) in [5.41, 5.74) is 0. The number of rotatable bonds is 5. The molecule has 14 heavy (non-hydrogen) atoms. The second-order valence-electron chi connectivity index (χ2n) is 2.19. The van der Waals surface area contributed by atoms with E-state index < -0.39 is 10.1 Å². The molecule has 0 saturated heterocycles. The molecule has 0 aliphatic carbocycles. The van der Waals surface area contributed by atoms with Gasteiger partial charge in [-0.25, -0.2) is 4.89 Å². The van der Waals surface area contributed by atoms with Crippen LogP contribution in [0, 0.1) is 0 Å². The minimum Gasteiger partial charge on any atom is -0.344 e. The van der Waals surface area contributed by atoms with E-state index in [2.05, 4.69) is 22.7 Å². The van der Waals surface area contributed by atoms with Gasteiger partial charge in [-0.15, -0.1) is 10.9 Å². The van der Waals surface area contributed by atoms with Crippen LogP contribution in [-0.2, 0) is 19.3 Å². The standard InChI is InChI=1S/C4H10O4S.C4H8.H3N/c1-3-4-9(5,6)8-7-2;1-3-4-2;/h3-4H2,1-2H3;3H,1,4H2,2H3;1H3. The van der Waals surface area contributed by atoms with Crippen LogP contribution in [-0.4, -0.2) is 21.3 Å². The first-order chi connectivity index (χ1) is 6.04. The van der Waals surface area contributed by atoms with Gasteiger partial charge in [0.05, 0.1) is 12.9 Å². The zero-order valence-corrected chi connectivity index (χ0v) is 9.97. The summed E-state index contributed by atoms with van der Waals surface area (Å²) in [6, 6.07) is 0. The third-order valence-corrected chi connectivity index (χ3v) is 2.17. The lowest BCUT2D eigenvalue weighted by atomic mass is 10.5. The summed E-state index contributed by atoms with van der Waals surface area (Å²) in [4.78, 5) is 3.97. The molecule has 0 rings (SSSR count). The van der Waals surface area contributed by atoms with Gasteiger partial charge in [-0.1, -0.05) is 19.9 Å². The molecule has 0 heterocycles. The SMILES string of the molecule is C=CCC.CCCS(=O)(=O)OOC.N. The van der Waals surface area contributed by atoms with Gasteiger partial charge in [0, 0.05) is 0 Å². The molecule has 0 bridgehead atoms. The van der Waals surface area contributed by atoms with Crippen molar-refractivity contribution in [1.82, 2.24) is 6.15 Å². The van der Waals surface area contributed by atoms with Gasteiger partial charge in [-0.3, -0.25) is 0 Å². The number of hydrogen-bond donors (Lipinski definition) is 1. The van der Waals surface area contributed by atoms with Crippen LogP contribution in [0.5, 0.6) is 0 Å². The monoisotopic (exact) mass is 227 g/mol. The van der Waals surface area contributed by atoms with Crippen molar-refractivity contribution in [1.29, 1.82) is 0 Å². The van der Waals surface area contributed by atoms with Gasteiger partial charge in [-0.2, -0.15) is 8.42 Å². The van der Waals surface area contributed by atoms with Crippen LogP contribution in [0.4, 0.5) is 0 Å². The third kappa shape index (κ3) is 17.6. The van der Waals surface area contributed by atoms with Gasteiger partial charge in [0.15, 0.2) is 0 Å². The summed E-state index contributed by atoms with van der Waals surface area (Å²) >= 11 is 0. The molecule has 0 amide bonds. The Morgan fingerprint density at radius 2 is 1.79 bits per heavy atom. The maximum absolute atomic E-state index is 10.5. The van der Waals surface area contributed by atoms with Gasteiger partial charge in [0.25, 0.3) is 10.1 Å². The normalized spacial score (nSPS) is 9.36. The van der Waals surface area contributed by atoms with Crippen molar-refractivity contribution in [3.8, 4) is 0 Å². The molecule has 0 fully saturated rings. The zero-order chi connectivity index (χ0) is 10.7. The second kappa shape index (κ2) is 12.6. The quantitative estimate of drug-likeness (QED) is 0.441. The van der Waals surface area contributed by atoms with Crippen molar-refractivity contribution in [2.75, 3.05) is 12.9 Å². The summed E-state index contributed by atoms with van der Waals surface area (Å²) in [5, 5.41) is 0. The van der Waals surface area contributed by atoms with E-state index in [0.29, 0.717) is 6.42 Å². The van der Waals surface area contributed by atoms with E-state index in [1.165, 1.54) is 0 Å². The van der Waals surface area contributed by atoms with Crippen LogP contribution >= 0.6 is 0 Å². The van der Waals surface area contributed by atoms with Crippen molar-refractivity contribution >= 4 is 10.1 Å². The predicted octanol–water partition coefficient (Wildman–Crippen LogP) is 2.05. The average molecular weight is 227 g/mol. The maximum atomic E-state index is 10.5. The van der Waals surface area contributed by atoms with E-state index in [-0.39, 0.29) is 11.9 Å². The Morgan fingerprint density at radius 3 is 2.00 bits per heavy atom. The Labute approximate surface area is 86.7 Å². The van der Waals surface area contributed by atoms with E-state index in [1.807, 2.05) is 6.08 Å². The average Bonchev–Trinajstić information content (AvgIpc) is 2.04. The molecule has 0 spiro atoms. The molecule has 0 aromatic heterocycles. The highest BCUT2D eigenvalue weighted by atomic mass is 32.2. The predicted molar refractivity (Wildman–Crippen MR) is 57.7 cm³/mol. The Balaban J connectivity index is -0.000000209. The molecule has 0 saturated carbocycles.